The lowest BCUT2D eigenvalue weighted by Crippen LogP contribution is -2.07. The number of rotatable bonds is 2. The van der Waals surface area contributed by atoms with Crippen LogP contribution in [0.4, 0.5) is 0 Å². The Hall–Kier alpha value is -0.0600. The number of hydrogen-bond donors (Lipinski definition) is 1. The Labute approximate surface area is 47.1 Å². The lowest BCUT2D eigenvalue weighted by Gasteiger charge is -1.84. The van der Waals surface area contributed by atoms with Crippen LogP contribution in [-0.2, 0) is 10.0 Å². The van der Waals surface area contributed by atoms with E-state index in [1.165, 1.54) is 4.24 Å². The summed E-state index contributed by atoms with van der Waals surface area (Å²) in [5.41, 5.74) is 0. The van der Waals surface area contributed by atoms with E-state index in [-0.39, 0.29) is 0 Å². The largest absolute Gasteiger partial charge is 0.246 e. The van der Waals surface area contributed by atoms with E-state index in [1.54, 1.807) is 0 Å². The van der Waals surface area contributed by atoms with Gasteiger partial charge >= 0.3 is 0 Å². The minimum Gasteiger partial charge on any atom is -0.207 e. The molecule has 0 fully saturated rings. The first-order valence-corrected chi connectivity index (χ1v) is 3.29. The van der Waals surface area contributed by atoms with E-state index in [9.17, 15) is 8.42 Å². The van der Waals surface area contributed by atoms with Gasteiger partial charge in [-0.1, -0.05) is 6.58 Å². The highest BCUT2D eigenvalue weighted by Crippen LogP contribution is 1.82. The Kier molecular flexibility index (Phi) is 2.28. The monoisotopic (exact) mass is 141 g/mol. The number of sulfonamides is 1. The third-order valence-electron chi connectivity index (χ3n) is 0.327. The molecule has 0 aliphatic heterocycles. The Morgan fingerprint density at radius 3 is 2.14 bits per heavy atom. The van der Waals surface area contributed by atoms with E-state index in [0.717, 1.165) is 5.41 Å². The molecule has 42 valence electrons. The molecular weight excluding hydrogens is 138 g/mol. The molecule has 0 atom stereocenters. The van der Waals surface area contributed by atoms with Crippen molar-refractivity contribution >= 4 is 21.8 Å². The summed E-state index contributed by atoms with van der Waals surface area (Å²) in [6.07, 6.45) is 0. The summed E-state index contributed by atoms with van der Waals surface area (Å²) in [5, 5.41) is 0.722. The number of nitrogens with one attached hydrogen (secondary N) is 1. The zero-order valence-electron chi connectivity index (χ0n) is 3.39. The molecule has 0 aliphatic carbocycles. The summed E-state index contributed by atoms with van der Waals surface area (Å²) in [7, 11) is -3.38. The van der Waals surface area contributed by atoms with Crippen molar-refractivity contribution in [3.8, 4) is 0 Å². The smallest absolute Gasteiger partial charge is 0.207 e. The molecule has 5 heteroatoms. The van der Waals surface area contributed by atoms with Gasteiger partial charge in [-0.15, -0.1) is 4.24 Å². The highest BCUT2D eigenvalue weighted by Gasteiger charge is 1.95. The van der Waals surface area contributed by atoms with Gasteiger partial charge in [0.1, 0.15) is 0 Å². The fourth-order valence-corrected chi connectivity index (χ4v) is 0.283. The fourth-order valence-electron chi connectivity index (χ4n) is 0.0315. The summed E-state index contributed by atoms with van der Waals surface area (Å²) < 4.78 is 21.5. The molecule has 0 saturated heterocycles. The first-order valence-electron chi connectivity index (χ1n) is 1.37. The lowest BCUT2D eigenvalue weighted by atomic mass is 11.3. The summed E-state index contributed by atoms with van der Waals surface area (Å²) in [6.45, 7) is 2.97. The molecule has 0 saturated carbocycles. The molecule has 0 aromatic heterocycles. The average molecular weight is 142 g/mol. The molecule has 3 nitrogen and oxygen atoms in total. The van der Waals surface area contributed by atoms with E-state index < -0.39 is 10.0 Å². The maximum Gasteiger partial charge on any atom is 0.246 e. The van der Waals surface area contributed by atoms with Crippen LogP contribution in [0.3, 0.4) is 0 Å². The summed E-state index contributed by atoms with van der Waals surface area (Å²) in [6, 6.07) is 0. The SMILES string of the molecule is C=CS(=O)(=O)NCl. The van der Waals surface area contributed by atoms with Gasteiger partial charge in [0.15, 0.2) is 0 Å². The fraction of sp³-hybridized carbons (Fsp3) is 0. The quantitative estimate of drug-likeness (QED) is 0.559. The molecule has 0 aliphatic rings. The van der Waals surface area contributed by atoms with Crippen molar-refractivity contribution in [2.24, 2.45) is 0 Å². The van der Waals surface area contributed by atoms with Gasteiger partial charge < -0.3 is 0 Å². The number of hydrogen-bond acceptors (Lipinski definition) is 2. The molecule has 0 bridgehead atoms. The predicted octanol–water partition coefficient (Wildman–Crippen LogP) is 0.203. The van der Waals surface area contributed by atoms with E-state index in [0.29, 0.717) is 0 Å². The van der Waals surface area contributed by atoms with E-state index in [4.69, 9.17) is 0 Å². The Balaban J connectivity index is 4.17. The maximum atomic E-state index is 10.0. The van der Waals surface area contributed by atoms with E-state index in [2.05, 4.69) is 18.4 Å². The molecule has 0 heterocycles. The second kappa shape index (κ2) is 2.30. The van der Waals surface area contributed by atoms with Gasteiger partial charge in [0.05, 0.1) is 0 Å². The Morgan fingerprint density at radius 2 is 2.14 bits per heavy atom. The summed E-state index contributed by atoms with van der Waals surface area (Å²) >= 11 is 4.68. The minimum atomic E-state index is -3.38. The minimum absolute atomic E-state index is 0.722. The van der Waals surface area contributed by atoms with Crippen LogP contribution >= 0.6 is 11.8 Å². The first-order chi connectivity index (χ1) is 3.12. The molecule has 0 unspecified atom stereocenters. The van der Waals surface area contributed by atoms with Gasteiger partial charge in [-0.2, -0.15) is 0 Å². The normalized spacial score (nSPS) is 11.0. The third-order valence-corrected chi connectivity index (χ3v) is 1.63. The molecular formula is C2H4ClNO2S. The molecule has 1 N–H and O–H groups in total. The highest BCUT2D eigenvalue weighted by molar-refractivity contribution is 7.93. The van der Waals surface area contributed by atoms with Crippen molar-refractivity contribution in [3.05, 3.63) is 12.0 Å². The number of halogens is 1. The van der Waals surface area contributed by atoms with Crippen molar-refractivity contribution in [3.63, 3.8) is 0 Å². The van der Waals surface area contributed by atoms with Crippen LogP contribution in [0.25, 0.3) is 0 Å². The van der Waals surface area contributed by atoms with Crippen molar-refractivity contribution in [1.29, 1.82) is 0 Å². The average Bonchev–Trinajstić information content (AvgIpc) is 1.68. The van der Waals surface area contributed by atoms with Crippen LogP contribution in [-0.4, -0.2) is 8.42 Å². The van der Waals surface area contributed by atoms with Crippen molar-refractivity contribution in [1.82, 2.24) is 4.24 Å². The zero-order valence-corrected chi connectivity index (χ0v) is 4.96. The van der Waals surface area contributed by atoms with Gasteiger partial charge in [-0.3, -0.25) is 0 Å². The maximum absolute atomic E-state index is 10.0. The highest BCUT2D eigenvalue weighted by atomic mass is 35.5. The second-order valence-corrected chi connectivity index (χ2v) is 2.83. The molecule has 0 spiro atoms. The first kappa shape index (κ1) is 6.94. The van der Waals surface area contributed by atoms with Gasteiger partial charge in [-0.05, 0) is 11.8 Å². The van der Waals surface area contributed by atoms with Gasteiger partial charge in [0.2, 0.25) is 10.0 Å². The van der Waals surface area contributed by atoms with Crippen molar-refractivity contribution in [2.75, 3.05) is 0 Å². The molecule has 0 radical (unpaired) electrons. The van der Waals surface area contributed by atoms with Crippen LogP contribution in [0.2, 0.25) is 0 Å². The molecule has 0 aromatic rings. The molecule has 0 rings (SSSR count). The Morgan fingerprint density at radius 1 is 1.71 bits per heavy atom. The lowest BCUT2D eigenvalue weighted by molar-refractivity contribution is 0.603. The van der Waals surface area contributed by atoms with Crippen molar-refractivity contribution < 1.29 is 8.42 Å². The van der Waals surface area contributed by atoms with Crippen LogP contribution in [0.5, 0.6) is 0 Å². The van der Waals surface area contributed by atoms with Crippen molar-refractivity contribution in [2.45, 2.75) is 0 Å². The molecule has 7 heavy (non-hydrogen) atoms. The second-order valence-electron chi connectivity index (χ2n) is 0.789. The topological polar surface area (TPSA) is 46.2 Å². The standard InChI is InChI=1S/C2H4ClNO2S/c1-2-7(5,6)4-3/h2,4H,1H2. The van der Waals surface area contributed by atoms with E-state index >= 15 is 0 Å². The third kappa shape index (κ3) is 2.61. The molecule has 0 amide bonds. The van der Waals surface area contributed by atoms with Gasteiger partial charge in [0.25, 0.3) is 0 Å². The zero-order chi connectivity index (χ0) is 5.91. The van der Waals surface area contributed by atoms with Crippen LogP contribution in [0.15, 0.2) is 12.0 Å². The summed E-state index contributed by atoms with van der Waals surface area (Å²) in [5.74, 6) is 0. The summed E-state index contributed by atoms with van der Waals surface area (Å²) in [4.78, 5) is 0. The van der Waals surface area contributed by atoms with Crippen LogP contribution < -0.4 is 4.24 Å². The van der Waals surface area contributed by atoms with Gasteiger partial charge in [-0.25, -0.2) is 8.42 Å². The molecule has 0 aromatic carbocycles. The Bertz CT molecular complexity index is 149. The van der Waals surface area contributed by atoms with Gasteiger partial charge in [0, 0.05) is 5.41 Å². The van der Waals surface area contributed by atoms with Crippen LogP contribution in [0, 0.1) is 0 Å². The predicted molar refractivity (Wildman–Crippen MR) is 28.1 cm³/mol. The van der Waals surface area contributed by atoms with E-state index in [1.807, 2.05) is 0 Å². The van der Waals surface area contributed by atoms with Crippen LogP contribution in [0.1, 0.15) is 0 Å².